The number of para-hydroxylation sites is 1. The van der Waals surface area contributed by atoms with Crippen LogP contribution in [-0.2, 0) is 5.75 Å². The van der Waals surface area contributed by atoms with Gasteiger partial charge in [-0.05, 0) is 18.2 Å². The van der Waals surface area contributed by atoms with Gasteiger partial charge in [-0.3, -0.25) is 0 Å². The fourth-order valence-electron chi connectivity index (χ4n) is 1.43. The number of fused-ring (bicyclic) bond motifs is 1. The van der Waals surface area contributed by atoms with Crippen molar-refractivity contribution in [2.75, 3.05) is 0 Å². The standard InChI is InChI=1S/C12H9NOS2/c1-2-4-11-10(3-1)13-12(16-11)15-8-9-5-6-14-7-9/h1-7H,8H2. The Bertz CT molecular complexity index is 553. The molecule has 0 bridgehead atoms. The average molecular weight is 247 g/mol. The van der Waals surface area contributed by atoms with Crippen molar-refractivity contribution in [1.29, 1.82) is 0 Å². The zero-order chi connectivity index (χ0) is 10.8. The molecule has 0 N–H and O–H groups in total. The van der Waals surface area contributed by atoms with Gasteiger partial charge in [0, 0.05) is 11.3 Å². The molecule has 3 aromatic rings. The summed E-state index contributed by atoms with van der Waals surface area (Å²) in [4.78, 5) is 4.56. The number of hydrogen-bond acceptors (Lipinski definition) is 4. The molecule has 80 valence electrons. The molecule has 3 rings (SSSR count). The van der Waals surface area contributed by atoms with Gasteiger partial charge in [0.05, 0.1) is 22.7 Å². The van der Waals surface area contributed by atoms with Gasteiger partial charge in [-0.25, -0.2) is 4.98 Å². The molecule has 2 heterocycles. The minimum atomic E-state index is 0.913. The lowest BCUT2D eigenvalue weighted by molar-refractivity contribution is 0.565. The van der Waals surface area contributed by atoms with Crippen LogP contribution in [0.2, 0.25) is 0 Å². The molecular weight excluding hydrogens is 238 g/mol. The molecule has 0 unspecified atom stereocenters. The summed E-state index contributed by atoms with van der Waals surface area (Å²) in [5.41, 5.74) is 2.28. The summed E-state index contributed by atoms with van der Waals surface area (Å²) in [7, 11) is 0. The van der Waals surface area contributed by atoms with E-state index in [1.165, 1.54) is 10.3 Å². The van der Waals surface area contributed by atoms with Crippen LogP contribution < -0.4 is 0 Å². The number of rotatable bonds is 3. The van der Waals surface area contributed by atoms with Crippen LogP contribution >= 0.6 is 23.1 Å². The first-order valence-corrected chi connectivity index (χ1v) is 6.71. The van der Waals surface area contributed by atoms with Crippen LogP contribution in [0.15, 0.2) is 51.6 Å². The van der Waals surface area contributed by atoms with Crippen molar-refractivity contribution in [1.82, 2.24) is 4.98 Å². The Hall–Kier alpha value is -1.26. The largest absolute Gasteiger partial charge is 0.472 e. The highest BCUT2D eigenvalue weighted by molar-refractivity contribution is 8.00. The van der Waals surface area contributed by atoms with Gasteiger partial charge in [0.2, 0.25) is 0 Å². The Morgan fingerprint density at radius 1 is 1.25 bits per heavy atom. The van der Waals surface area contributed by atoms with E-state index < -0.39 is 0 Å². The molecule has 1 aromatic carbocycles. The monoisotopic (exact) mass is 247 g/mol. The highest BCUT2D eigenvalue weighted by atomic mass is 32.2. The van der Waals surface area contributed by atoms with Crippen LogP contribution in [0.25, 0.3) is 10.2 Å². The number of benzene rings is 1. The molecule has 0 aliphatic heterocycles. The normalized spacial score (nSPS) is 11.0. The van der Waals surface area contributed by atoms with Gasteiger partial charge in [0.25, 0.3) is 0 Å². The fourth-order valence-corrected chi connectivity index (χ4v) is 3.43. The summed E-state index contributed by atoms with van der Waals surface area (Å²) in [6, 6.07) is 10.2. The second-order valence-corrected chi connectivity index (χ2v) is 5.62. The summed E-state index contributed by atoms with van der Waals surface area (Å²) in [5.74, 6) is 0.913. The molecule has 2 aromatic heterocycles. The third-order valence-electron chi connectivity index (χ3n) is 2.22. The van der Waals surface area contributed by atoms with Crippen molar-refractivity contribution in [3.63, 3.8) is 0 Å². The van der Waals surface area contributed by atoms with Gasteiger partial charge >= 0.3 is 0 Å². The molecule has 0 saturated carbocycles. The smallest absolute Gasteiger partial charge is 0.151 e. The van der Waals surface area contributed by atoms with Gasteiger partial charge in [0.15, 0.2) is 4.34 Å². The molecule has 0 saturated heterocycles. The Balaban J connectivity index is 1.79. The number of furan rings is 1. The Kier molecular flexibility index (Phi) is 2.68. The maximum atomic E-state index is 5.03. The third-order valence-corrected chi connectivity index (χ3v) is 4.47. The minimum absolute atomic E-state index is 0.913. The van der Waals surface area contributed by atoms with Gasteiger partial charge < -0.3 is 4.42 Å². The van der Waals surface area contributed by atoms with E-state index in [2.05, 4.69) is 11.1 Å². The number of aromatic nitrogens is 1. The van der Waals surface area contributed by atoms with Gasteiger partial charge in [-0.15, -0.1) is 11.3 Å². The zero-order valence-electron chi connectivity index (χ0n) is 8.42. The number of nitrogens with zero attached hydrogens (tertiary/aromatic N) is 1. The Morgan fingerprint density at radius 3 is 3.00 bits per heavy atom. The molecule has 0 atom stereocenters. The van der Waals surface area contributed by atoms with Gasteiger partial charge in [-0.2, -0.15) is 0 Å². The average Bonchev–Trinajstić information content (AvgIpc) is 2.95. The van der Waals surface area contributed by atoms with Crippen LogP contribution in [0.4, 0.5) is 0 Å². The van der Waals surface area contributed by atoms with Gasteiger partial charge in [0.1, 0.15) is 0 Å². The Labute approximate surface area is 101 Å². The molecule has 4 heteroatoms. The summed E-state index contributed by atoms with van der Waals surface area (Å²) in [6.45, 7) is 0. The minimum Gasteiger partial charge on any atom is -0.472 e. The van der Waals surface area contributed by atoms with E-state index in [0.29, 0.717) is 0 Å². The first-order chi connectivity index (χ1) is 7.92. The molecule has 16 heavy (non-hydrogen) atoms. The Morgan fingerprint density at radius 2 is 2.19 bits per heavy atom. The number of thiazole rings is 1. The predicted octanol–water partition coefficient (Wildman–Crippen LogP) is 4.18. The molecule has 0 fully saturated rings. The lowest BCUT2D eigenvalue weighted by Crippen LogP contribution is -1.74. The third kappa shape index (κ3) is 1.99. The molecule has 0 aliphatic rings. The van der Waals surface area contributed by atoms with E-state index >= 15 is 0 Å². The number of hydrogen-bond donors (Lipinski definition) is 0. The topological polar surface area (TPSA) is 26.0 Å². The van der Waals surface area contributed by atoms with E-state index in [-0.39, 0.29) is 0 Å². The van der Waals surface area contributed by atoms with E-state index in [4.69, 9.17) is 4.42 Å². The van der Waals surface area contributed by atoms with E-state index in [9.17, 15) is 0 Å². The van der Waals surface area contributed by atoms with Crippen LogP contribution in [0, 0.1) is 0 Å². The maximum Gasteiger partial charge on any atom is 0.151 e. The highest BCUT2D eigenvalue weighted by Crippen LogP contribution is 2.31. The van der Waals surface area contributed by atoms with Crippen molar-refractivity contribution in [3.8, 4) is 0 Å². The van der Waals surface area contributed by atoms with E-state index in [1.54, 1.807) is 35.6 Å². The molecular formula is C12H9NOS2. The number of thioether (sulfide) groups is 1. The van der Waals surface area contributed by atoms with Crippen LogP contribution in [0.5, 0.6) is 0 Å². The SMILES string of the molecule is c1ccc2sc(SCc3ccoc3)nc2c1. The van der Waals surface area contributed by atoms with Gasteiger partial charge in [-0.1, -0.05) is 23.9 Å². The fraction of sp³-hybridized carbons (Fsp3) is 0.0833. The van der Waals surface area contributed by atoms with E-state index in [1.807, 2.05) is 24.3 Å². The van der Waals surface area contributed by atoms with Crippen LogP contribution in [-0.4, -0.2) is 4.98 Å². The zero-order valence-corrected chi connectivity index (χ0v) is 10.1. The molecule has 2 nitrogen and oxygen atoms in total. The van der Waals surface area contributed by atoms with Crippen molar-refractivity contribution >= 4 is 33.3 Å². The summed E-state index contributed by atoms with van der Waals surface area (Å²) >= 11 is 3.49. The first kappa shape index (κ1) is 9.93. The quantitative estimate of drug-likeness (QED) is 0.649. The van der Waals surface area contributed by atoms with Crippen molar-refractivity contribution in [3.05, 3.63) is 48.4 Å². The maximum absolute atomic E-state index is 5.03. The first-order valence-electron chi connectivity index (χ1n) is 4.91. The van der Waals surface area contributed by atoms with Crippen LogP contribution in [0.3, 0.4) is 0 Å². The van der Waals surface area contributed by atoms with Crippen molar-refractivity contribution < 1.29 is 4.42 Å². The summed E-state index contributed by atoms with van der Waals surface area (Å²) < 4.78 is 7.39. The second-order valence-electron chi connectivity index (χ2n) is 3.37. The molecule has 0 radical (unpaired) electrons. The molecule has 0 aliphatic carbocycles. The highest BCUT2D eigenvalue weighted by Gasteiger charge is 2.04. The predicted molar refractivity (Wildman–Crippen MR) is 67.9 cm³/mol. The molecule has 0 amide bonds. The van der Waals surface area contributed by atoms with Crippen molar-refractivity contribution in [2.24, 2.45) is 0 Å². The van der Waals surface area contributed by atoms with Crippen LogP contribution in [0.1, 0.15) is 5.56 Å². The van der Waals surface area contributed by atoms with Crippen molar-refractivity contribution in [2.45, 2.75) is 10.1 Å². The summed E-state index contributed by atoms with van der Waals surface area (Å²) in [5, 5.41) is 0. The lowest BCUT2D eigenvalue weighted by Gasteiger charge is -1.91. The lowest BCUT2D eigenvalue weighted by atomic mass is 10.3. The van der Waals surface area contributed by atoms with E-state index in [0.717, 1.165) is 15.6 Å². The summed E-state index contributed by atoms with van der Waals surface area (Å²) in [6.07, 6.45) is 3.48. The molecule has 0 spiro atoms. The second kappa shape index (κ2) is 4.31.